The normalized spacial score (nSPS) is 18.3. The first-order valence-corrected chi connectivity index (χ1v) is 14.4. The third kappa shape index (κ3) is 5.39. The van der Waals surface area contributed by atoms with Crippen LogP contribution >= 0.6 is 11.6 Å². The maximum Gasteiger partial charge on any atom is 0.252 e. The van der Waals surface area contributed by atoms with E-state index in [-0.39, 0.29) is 11.9 Å². The van der Waals surface area contributed by atoms with E-state index in [4.69, 9.17) is 16.3 Å². The molecule has 2 aliphatic rings. The number of ether oxygens (including phenoxy) is 1. The first kappa shape index (κ1) is 28.0. The molecule has 0 unspecified atom stereocenters. The predicted octanol–water partition coefficient (Wildman–Crippen LogP) is 6.92. The maximum absolute atomic E-state index is 14.4. The Morgan fingerprint density at radius 3 is 2.45 bits per heavy atom. The molecule has 3 aromatic rings. The van der Waals surface area contributed by atoms with Gasteiger partial charge in [-0.15, -0.1) is 0 Å². The van der Waals surface area contributed by atoms with Gasteiger partial charge in [0.1, 0.15) is 5.75 Å². The molecule has 206 valence electrons. The zero-order chi connectivity index (χ0) is 28.4. The van der Waals surface area contributed by atoms with E-state index >= 15 is 0 Å². The van der Waals surface area contributed by atoms with Crippen molar-refractivity contribution in [3.63, 3.8) is 0 Å². The number of benzene rings is 3. The van der Waals surface area contributed by atoms with Crippen LogP contribution in [0.3, 0.4) is 0 Å². The van der Waals surface area contributed by atoms with E-state index in [2.05, 4.69) is 43.4 Å². The van der Waals surface area contributed by atoms with Crippen molar-refractivity contribution < 1.29 is 9.53 Å². The molecule has 6 heteroatoms. The van der Waals surface area contributed by atoms with E-state index in [1.54, 1.807) is 13.2 Å². The minimum absolute atomic E-state index is 0.00633. The lowest BCUT2D eigenvalue weighted by atomic mass is 9.89. The third-order valence-electron chi connectivity index (χ3n) is 8.60. The van der Waals surface area contributed by atoms with Crippen molar-refractivity contribution in [1.82, 2.24) is 10.2 Å². The zero-order valence-electron chi connectivity index (χ0n) is 23.7. The summed E-state index contributed by atoms with van der Waals surface area (Å²) in [5.74, 6) is 0.746. The highest BCUT2D eigenvalue weighted by Crippen LogP contribution is 2.41. The smallest absolute Gasteiger partial charge is 0.252 e. The lowest BCUT2D eigenvalue weighted by Gasteiger charge is -2.37. The summed E-state index contributed by atoms with van der Waals surface area (Å²) in [5.41, 5.74) is 8.60. The highest BCUT2D eigenvalue weighted by molar-refractivity contribution is 6.52. The minimum Gasteiger partial charge on any atom is -0.496 e. The van der Waals surface area contributed by atoms with Crippen LogP contribution in [0, 0.1) is 25.2 Å². The molecule has 0 radical (unpaired) electrons. The molecule has 0 bridgehead atoms. The zero-order valence-corrected chi connectivity index (χ0v) is 24.4. The second-order valence-electron chi connectivity index (χ2n) is 11.0. The monoisotopic (exact) mass is 553 g/mol. The lowest BCUT2D eigenvalue weighted by molar-refractivity contribution is -0.130. The number of nitrogens with zero attached hydrogens (tertiary/aromatic N) is 2. The number of aryl methyl sites for hydroxylation is 2. The summed E-state index contributed by atoms with van der Waals surface area (Å²) < 4.78 is 5.77. The van der Waals surface area contributed by atoms with E-state index in [1.807, 2.05) is 42.3 Å². The molecule has 0 heterocycles. The van der Waals surface area contributed by atoms with Crippen LogP contribution in [0.5, 0.6) is 5.75 Å². The van der Waals surface area contributed by atoms with Gasteiger partial charge in [-0.2, -0.15) is 5.26 Å². The third-order valence-corrected chi connectivity index (χ3v) is 9.02. The van der Waals surface area contributed by atoms with Gasteiger partial charge >= 0.3 is 0 Å². The van der Waals surface area contributed by atoms with Crippen molar-refractivity contribution >= 4 is 22.5 Å². The number of nitrogens with one attached hydrogen (secondary N) is 1. The summed E-state index contributed by atoms with van der Waals surface area (Å²) in [6.45, 7) is 4.57. The van der Waals surface area contributed by atoms with Crippen LogP contribution in [-0.4, -0.2) is 37.0 Å². The molecule has 1 fully saturated rings. The number of carbonyl (C=O) groups is 1. The molecule has 0 aromatic heterocycles. The Hall–Kier alpha value is -3.59. The van der Waals surface area contributed by atoms with Crippen LogP contribution in [0.15, 0.2) is 60.2 Å². The van der Waals surface area contributed by atoms with Crippen LogP contribution in [0.25, 0.3) is 16.2 Å². The fourth-order valence-electron chi connectivity index (χ4n) is 6.23. The quantitative estimate of drug-likeness (QED) is 0.345. The van der Waals surface area contributed by atoms with Crippen LogP contribution in [0.2, 0.25) is 0 Å². The molecule has 0 spiro atoms. The highest BCUT2D eigenvalue weighted by atomic mass is 35.5. The fourth-order valence-corrected chi connectivity index (χ4v) is 6.64. The SMILES string of the molecule is CN[C@H]1CC[C@@H](N(Cc2cc(-c3cccc(C#N)c3)ccc2OC)C(=O)C2=C(Cl)c3c(C)ccc(C)c3C2)CC1. The molecule has 5 rings (SSSR count). The van der Waals surface area contributed by atoms with Crippen LogP contribution in [-0.2, 0) is 17.8 Å². The Balaban J connectivity index is 1.53. The second-order valence-corrected chi connectivity index (χ2v) is 11.3. The molecule has 0 saturated heterocycles. The number of carbonyl (C=O) groups excluding carboxylic acids is 1. The second kappa shape index (κ2) is 11.9. The van der Waals surface area contributed by atoms with Crippen molar-refractivity contribution in [2.45, 2.75) is 64.6 Å². The first-order valence-electron chi connectivity index (χ1n) is 14.0. The average Bonchev–Trinajstić information content (AvgIpc) is 3.35. The Kier molecular flexibility index (Phi) is 8.30. The van der Waals surface area contributed by atoms with Gasteiger partial charge in [0.15, 0.2) is 0 Å². The van der Waals surface area contributed by atoms with Gasteiger partial charge < -0.3 is 15.0 Å². The highest BCUT2D eigenvalue weighted by Gasteiger charge is 2.35. The Labute approximate surface area is 242 Å². The average molecular weight is 554 g/mol. The van der Waals surface area contributed by atoms with E-state index < -0.39 is 0 Å². The molecule has 0 atom stereocenters. The van der Waals surface area contributed by atoms with E-state index in [1.165, 1.54) is 0 Å². The van der Waals surface area contributed by atoms with Crippen LogP contribution < -0.4 is 10.1 Å². The summed E-state index contributed by atoms with van der Waals surface area (Å²) in [6.07, 6.45) is 4.46. The standard InChI is InChI=1S/C34H36ClN3O2/c1-21-8-9-22(2)32-29(21)18-30(33(32)35)34(39)38(28-13-11-27(37-3)12-14-28)20-26-17-25(10-15-31(26)40-4)24-7-5-6-23(16-24)19-36/h5-10,15-17,27-28,37H,11-14,18,20H2,1-4H3/t27-,28+. The summed E-state index contributed by atoms with van der Waals surface area (Å²) in [6, 6.07) is 20.6. The number of hydrogen-bond donors (Lipinski definition) is 1. The number of amides is 1. The molecular weight excluding hydrogens is 518 g/mol. The molecular formula is C34H36ClN3O2. The summed E-state index contributed by atoms with van der Waals surface area (Å²) in [5, 5.41) is 13.4. The maximum atomic E-state index is 14.4. The van der Waals surface area contributed by atoms with E-state index in [0.717, 1.165) is 70.4 Å². The number of methoxy groups -OCH3 is 1. The van der Waals surface area contributed by atoms with Gasteiger partial charge in [-0.1, -0.05) is 41.9 Å². The summed E-state index contributed by atoms with van der Waals surface area (Å²) in [7, 11) is 3.67. The molecule has 3 aromatic carbocycles. The van der Waals surface area contributed by atoms with Gasteiger partial charge in [0.2, 0.25) is 0 Å². The van der Waals surface area contributed by atoms with E-state index in [0.29, 0.717) is 35.2 Å². The van der Waals surface area contributed by atoms with Crippen molar-refractivity contribution in [2.24, 2.45) is 0 Å². The van der Waals surface area contributed by atoms with Crippen molar-refractivity contribution in [2.75, 3.05) is 14.2 Å². The number of rotatable bonds is 7. The predicted molar refractivity (Wildman–Crippen MR) is 161 cm³/mol. The number of fused-ring (bicyclic) bond motifs is 1. The fraction of sp³-hybridized carbons (Fsp3) is 0.353. The molecule has 1 amide bonds. The van der Waals surface area contributed by atoms with Crippen LogP contribution in [0.4, 0.5) is 0 Å². The van der Waals surface area contributed by atoms with E-state index in [9.17, 15) is 10.1 Å². The van der Waals surface area contributed by atoms with Gasteiger partial charge in [-0.25, -0.2) is 0 Å². The minimum atomic E-state index is 0.00633. The Morgan fingerprint density at radius 1 is 1.05 bits per heavy atom. The Morgan fingerprint density at radius 2 is 1.77 bits per heavy atom. The van der Waals surface area contributed by atoms with Gasteiger partial charge in [-0.05, 0) is 98.7 Å². The first-order chi connectivity index (χ1) is 19.3. The molecule has 1 N–H and O–H groups in total. The molecule has 5 nitrogen and oxygen atoms in total. The van der Waals surface area contributed by atoms with Gasteiger partial charge in [0.25, 0.3) is 5.91 Å². The van der Waals surface area contributed by atoms with Crippen molar-refractivity contribution in [3.8, 4) is 22.9 Å². The molecule has 2 aliphatic carbocycles. The number of hydrogen-bond acceptors (Lipinski definition) is 4. The molecule has 0 aliphatic heterocycles. The van der Waals surface area contributed by atoms with Gasteiger partial charge in [0, 0.05) is 41.7 Å². The van der Waals surface area contributed by atoms with Crippen LogP contribution in [0.1, 0.15) is 59.1 Å². The molecule has 1 saturated carbocycles. The largest absolute Gasteiger partial charge is 0.496 e. The van der Waals surface area contributed by atoms with Crippen molar-refractivity contribution in [3.05, 3.63) is 93.6 Å². The van der Waals surface area contributed by atoms with Gasteiger partial charge in [-0.3, -0.25) is 4.79 Å². The Bertz CT molecular complexity index is 1510. The number of halogens is 1. The van der Waals surface area contributed by atoms with Gasteiger partial charge in [0.05, 0.1) is 23.8 Å². The van der Waals surface area contributed by atoms with Crippen molar-refractivity contribution in [1.29, 1.82) is 5.26 Å². The summed E-state index contributed by atoms with van der Waals surface area (Å²) >= 11 is 6.98. The lowest BCUT2D eigenvalue weighted by Crippen LogP contribution is -2.45. The summed E-state index contributed by atoms with van der Waals surface area (Å²) in [4.78, 5) is 16.5. The molecule has 40 heavy (non-hydrogen) atoms. The number of nitriles is 1. The topological polar surface area (TPSA) is 65.4 Å².